The first kappa shape index (κ1) is 24.2. The van der Waals surface area contributed by atoms with Gasteiger partial charge in [0, 0.05) is 28.3 Å². The molecule has 1 atom stereocenters. The number of aldehydes is 1. The minimum absolute atomic E-state index is 0.269. The smallest absolute Gasteiger partial charge is 0.339 e. The summed E-state index contributed by atoms with van der Waals surface area (Å²) in [6.07, 6.45) is 2.20. The van der Waals surface area contributed by atoms with Crippen LogP contribution in [-0.4, -0.2) is 50.7 Å². The van der Waals surface area contributed by atoms with Crippen molar-refractivity contribution in [1.29, 1.82) is 0 Å². The summed E-state index contributed by atoms with van der Waals surface area (Å²) in [4.78, 5) is 32.7. The predicted molar refractivity (Wildman–Crippen MR) is 119 cm³/mol. The van der Waals surface area contributed by atoms with Gasteiger partial charge in [-0.25, -0.2) is 0 Å². The van der Waals surface area contributed by atoms with Gasteiger partial charge >= 0.3 is 7.60 Å². The van der Waals surface area contributed by atoms with E-state index in [1.54, 1.807) is 0 Å². The number of hydrogen-bond donors (Lipinski definition) is 3. The Morgan fingerprint density at radius 1 is 1.14 bits per heavy atom. The number of aromatic hydroxyl groups is 1. The lowest BCUT2D eigenvalue weighted by Gasteiger charge is -2.34. The van der Waals surface area contributed by atoms with Crippen molar-refractivity contribution in [2.24, 2.45) is 0 Å². The van der Waals surface area contributed by atoms with Gasteiger partial charge in [0.1, 0.15) is 18.3 Å². The zero-order chi connectivity index (χ0) is 22.2. The van der Waals surface area contributed by atoms with Crippen molar-refractivity contribution < 1.29 is 24.3 Å². The second-order valence-corrected chi connectivity index (χ2v) is 12.3. The van der Waals surface area contributed by atoms with Crippen LogP contribution in [0.2, 0.25) is 0 Å². The number of rotatable bonds is 4. The number of nitrogens with zero attached hydrogens (tertiary/aromatic N) is 1. The molecule has 8 heteroatoms. The van der Waals surface area contributed by atoms with Crippen molar-refractivity contribution in [3.63, 3.8) is 0 Å². The van der Waals surface area contributed by atoms with Crippen molar-refractivity contribution in [1.82, 2.24) is 4.90 Å². The lowest BCUT2D eigenvalue weighted by Crippen LogP contribution is -2.42. The lowest BCUT2D eigenvalue weighted by molar-refractivity contribution is -0.110. The number of hydrogen-bond acceptors (Lipinski definition) is 5. The number of carbonyl (C=O) groups is 1. The minimum Gasteiger partial charge on any atom is -0.507 e. The maximum absolute atomic E-state index is 11.8. The Morgan fingerprint density at radius 2 is 1.66 bits per heavy atom. The summed E-state index contributed by atoms with van der Waals surface area (Å²) in [6, 6.07) is 3.18. The molecule has 0 bridgehead atoms. The largest absolute Gasteiger partial charge is 0.507 e. The van der Waals surface area contributed by atoms with Crippen LogP contribution in [0.5, 0.6) is 5.75 Å². The summed E-state index contributed by atoms with van der Waals surface area (Å²) in [5.41, 5.74) is 1.98. The summed E-state index contributed by atoms with van der Waals surface area (Å²) in [5.74, 6) is 0.936. The maximum Gasteiger partial charge on any atom is 0.339 e. The van der Waals surface area contributed by atoms with E-state index in [1.165, 1.54) is 16.7 Å². The van der Waals surface area contributed by atoms with E-state index in [0.717, 1.165) is 27.9 Å². The van der Waals surface area contributed by atoms with Crippen LogP contribution in [0.4, 0.5) is 0 Å². The molecule has 6 nitrogen and oxygen atoms in total. The second kappa shape index (κ2) is 8.56. The number of carbonyl (C=O) groups excluding carboxylic acids is 1. The summed E-state index contributed by atoms with van der Waals surface area (Å²) in [6.45, 7) is 12.7. The third-order valence-corrected chi connectivity index (χ3v) is 6.70. The molecule has 1 aromatic carbocycles. The Labute approximate surface area is 177 Å². The molecule has 0 radical (unpaired) electrons. The molecular weight excluding hydrogens is 409 g/mol. The Morgan fingerprint density at radius 3 is 2.07 bits per heavy atom. The third kappa shape index (κ3) is 6.19. The minimum atomic E-state index is -4.26. The van der Waals surface area contributed by atoms with Crippen LogP contribution in [0.1, 0.15) is 58.2 Å². The van der Waals surface area contributed by atoms with E-state index in [4.69, 9.17) is 0 Å². The summed E-state index contributed by atoms with van der Waals surface area (Å²) in [7, 11) is -4.26. The molecule has 1 aromatic rings. The normalized spacial score (nSPS) is 20.8. The van der Waals surface area contributed by atoms with Crippen molar-refractivity contribution in [2.75, 3.05) is 18.6 Å². The van der Waals surface area contributed by atoms with Gasteiger partial charge in [-0.2, -0.15) is 0 Å². The zero-order valence-corrected chi connectivity index (χ0v) is 19.7. The molecule has 2 rings (SSSR count). The highest BCUT2D eigenvalue weighted by Gasteiger charge is 2.32. The molecule has 0 amide bonds. The highest BCUT2D eigenvalue weighted by Crippen LogP contribution is 2.42. The highest BCUT2D eigenvalue weighted by molar-refractivity contribution is 8.03. The molecule has 0 saturated carbocycles. The molecular formula is C21H32NO5PS. The Hall–Kier alpha value is -1.11. The van der Waals surface area contributed by atoms with Crippen LogP contribution in [0.25, 0.3) is 6.08 Å². The number of phenols is 1. The van der Waals surface area contributed by atoms with E-state index in [1.807, 2.05) is 59.8 Å². The van der Waals surface area contributed by atoms with Gasteiger partial charge < -0.3 is 19.7 Å². The van der Waals surface area contributed by atoms with Gasteiger partial charge in [-0.3, -0.25) is 9.46 Å². The van der Waals surface area contributed by atoms with Gasteiger partial charge in [0.25, 0.3) is 0 Å². The molecule has 1 fully saturated rings. The van der Waals surface area contributed by atoms with Gasteiger partial charge in [-0.1, -0.05) is 41.5 Å². The van der Waals surface area contributed by atoms with Gasteiger partial charge in [0.05, 0.1) is 6.04 Å². The molecule has 1 aliphatic heterocycles. The van der Waals surface area contributed by atoms with Crippen LogP contribution in [0.3, 0.4) is 0 Å². The third-order valence-electron chi connectivity index (χ3n) is 4.88. The van der Waals surface area contributed by atoms with Crippen molar-refractivity contribution in [2.45, 2.75) is 58.4 Å². The monoisotopic (exact) mass is 441 g/mol. The van der Waals surface area contributed by atoms with Gasteiger partial charge in [-0.15, -0.1) is 11.8 Å². The first-order valence-electron chi connectivity index (χ1n) is 9.60. The Bertz CT molecular complexity index is 813. The topological polar surface area (TPSA) is 98.1 Å². The van der Waals surface area contributed by atoms with Crippen LogP contribution < -0.4 is 0 Å². The van der Waals surface area contributed by atoms with E-state index in [9.17, 15) is 24.3 Å². The molecule has 3 N–H and O–H groups in total. The molecule has 1 aliphatic rings. The molecule has 1 heterocycles. The van der Waals surface area contributed by atoms with Crippen molar-refractivity contribution in [3.8, 4) is 5.75 Å². The number of thioether (sulfide) groups is 1. The van der Waals surface area contributed by atoms with E-state index in [0.29, 0.717) is 18.0 Å². The van der Waals surface area contributed by atoms with Gasteiger partial charge in [-0.05, 0) is 34.6 Å². The molecule has 1 saturated heterocycles. The highest BCUT2D eigenvalue weighted by atomic mass is 32.2. The molecule has 0 aliphatic carbocycles. The maximum atomic E-state index is 11.8. The zero-order valence-electron chi connectivity index (χ0n) is 18.0. The second-order valence-electron chi connectivity index (χ2n) is 9.56. The van der Waals surface area contributed by atoms with Crippen LogP contribution >= 0.6 is 19.4 Å². The lowest BCUT2D eigenvalue weighted by atomic mass is 9.78. The average molecular weight is 442 g/mol. The molecule has 0 aromatic heterocycles. The van der Waals surface area contributed by atoms with E-state index < -0.39 is 19.9 Å². The van der Waals surface area contributed by atoms with Crippen molar-refractivity contribution in [3.05, 3.63) is 33.7 Å². The fraction of sp³-hybridized carbons (Fsp3) is 0.571. The van der Waals surface area contributed by atoms with E-state index >= 15 is 0 Å². The first-order chi connectivity index (χ1) is 13.1. The number of phenolic OH excluding ortho intramolecular Hbond substituents is 1. The van der Waals surface area contributed by atoms with E-state index in [-0.39, 0.29) is 10.8 Å². The molecule has 162 valence electrons. The quantitative estimate of drug-likeness (QED) is 0.478. The molecule has 0 spiro atoms. The SMILES string of the molecule is CC(C)(C)c1cc(C=C2SCCN(CP(=O)(O)O)C2C=O)cc(C(C)(C)C)c1O. The van der Waals surface area contributed by atoms with Crippen molar-refractivity contribution >= 4 is 31.7 Å². The van der Waals surface area contributed by atoms with Crippen LogP contribution in [-0.2, 0) is 20.2 Å². The number of benzene rings is 1. The fourth-order valence-electron chi connectivity index (χ4n) is 3.41. The Balaban J connectivity index is 2.56. The fourth-order valence-corrected chi connectivity index (χ4v) is 5.36. The molecule has 29 heavy (non-hydrogen) atoms. The van der Waals surface area contributed by atoms with Gasteiger partial charge in [0.15, 0.2) is 0 Å². The average Bonchev–Trinajstić information content (AvgIpc) is 2.53. The predicted octanol–water partition coefficient (Wildman–Crippen LogP) is 4.08. The molecule has 1 unspecified atom stereocenters. The first-order valence-corrected chi connectivity index (χ1v) is 12.4. The van der Waals surface area contributed by atoms with E-state index in [2.05, 4.69) is 0 Å². The summed E-state index contributed by atoms with van der Waals surface area (Å²) in [5, 5.41) is 10.9. The van der Waals surface area contributed by atoms with Gasteiger partial charge in [0.2, 0.25) is 0 Å². The summed E-state index contributed by atoms with van der Waals surface area (Å²) >= 11 is 1.52. The summed E-state index contributed by atoms with van der Waals surface area (Å²) < 4.78 is 11.5. The Kier molecular flexibility index (Phi) is 7.13. The standard InChI is InChI=1S/C21H32NO5PS/c1-20(2,3)15-9-14(10-16(19(15)24)21(4,5)6)11-18-17(12-23)22(7-8-29-18)13-28(25,26)27/h9-12,17,24H,7-8,13H2,1-6H3,(H2,25,26,27). The van der Waals surface area contributed by atoms with Crippen LogP contribution in [0.15, 0.2) is 17.0 Å². The van der Waals surface area contributed by atoms with Crippen LogP contribution in [0, 0.1) is 0 Å².